The van der Waals surface area contributed by atoms with Crippen LogP contribution in [0.25, 0.3) is 0 Å². The molecule has 0 radical (unpaired) electrons. The molecule has 6 nitrogen and oxygen atoms in total. The number of hydrogen-bond donors (Lipinski definition) is 1. The second-order valence-corrected chi connectivity index (χ2v) is 7.17. The molecule has 0 aliphatic carbocycles. The molecule has 3 heterocycles. The highest BCUT2D eigenvalue weighted by molar-refractivity contribution is 5.99. The predicted octanol–water partition coefficient (Wildman–Crippen LogP) is 1.69. The number of rotatable bonds is 2. The van der Waals surface area contributed by atoms with Gasteiger partial charge in [0, 0.05) is 24.8 Å². The molecule has 0 aromatic carbocycles. The molecule has 2 aliphatic heterocycles. The van der Waals surface area contributed by atoms with Gasteiger partial charge in [-0.25, -0.2) is 0 Å². The summed E-state index contributed by atoms with van der Waals surface area (Å²) in [5.41, 5.74) is -0.313. The first kappa shape index (κ1) is 16.7. The van der Waals surface area contributed by atoms with E-state index in [0.29, 0.717) is 25.1 Å². The van der Waals surface area contributed by atoms with Gasteiger partial charge in [-0.2, -0.15) is 0 Å². The van der Waals surface area contributed by atoms with Crippen LogP contribution >= 0.6 is 0 Å². The minimum Gasteiger partial charge on any atom is -0.338 e. The number of carbonyl (C=O) groups excluding carboxylic acids is 2. The zero-order valence-corrected chi connectivity index (χ0v) is 14.6. The lowest BCUT2D eigenvalue weighted by atomic mass is 9.84. The fraction of sp³-hybridized carbons (Fsp3) is 0.611. The smallest absolute Gasteiger partial charge is 0.260 e. The number of aryl methyl sites for hydroxylation is 1. The Morgan fingerprint density at radius 1 is 1.17 bits per heavy atom. The van der Waals surface area contributed by atoms with E-state index in [4.69, 9.17) is 0 Å². The van der Waals surface area contributed by atoms with Gasteiger partial charge < -0.3 is 14.8 Å². The predicted molar refractivity (Wildman–Crippen MR) is 90.9 cm³/mol. The minimum atomic E-state index is -0.767. The Morgan fingerprint density at radius 2 is 1.83 bits per heavy atom. The average molecular weight is 331 g/mol. The Morgan fingerprint density at radius 3 is 2.46 bits per heavy atom. The van der Waals surface area contributed by atoms with E-state index in [0.717, 1.165) is 19.4 Å². The first-order chi connectivity index (χ1) is 11.4. The normalized spacial score (nSPS) is 24.2. The van der Waals surface area contributed by atoms with Crippen LogP contribution in [0.2, 0.25) is 0 Å². The average Bonchev–Trinajstić information content (AvgIpc) is 2.94. The molecule has 1 aromatic heterocycles. The summed E-state index contributed by atoms with van der Waals surface area (Å²) in [6.07, 6.45) is 3.06. The maximum atomic E-state index is 13.1. The van der Waals surface area contributed by atoms with Crippen molar-refractivity contribution in [2.45, 2.75) is 58.0 Å². The number of aromatic amines is 1. The third-order valence-corrected chi connectivity index (χ3v) is 5.29. The van der Waals surface area contributed by atoms with Crippen molar-refractivity contribution in [3.8, 4) is 0 Å². The number of piperidine rings is 1. The van der Waals surface area contributed by atoms with Gasteiger partial charge in [-0.15, -0.1) is 0 Å². The summed E-state index contributed by atoms with van der Waals surface area (Å²) >= 11 is 0. The molecule has 1 unspecified atom stereocenters. The lowest BCUT2D eigenvalue weighted by Gasteiger charge is -2.45. The van der Waals surface area contributed by atoms with Gasteiger partial charge >= 0.3 is 0 Å². The largest absolute Gasteiger partial charge is 0.338 e. The van der Waals surface area contributed by atoms with Crippen LogP contribution in [0.1, 0.15) is 55.6 Å². The van der Waals surface area contributed by atoms with Gasteiger partial charge in [0.25, 0.3) is 11.5 Å². The molecule has 1 atom stereocenters. The first-order valence-corrected chi connectivity index (χ1v) is 8.70. The molecule has 6 heteroatoms. The molecule has 2 aliphatic rings. The van der Waals surface area contributed by atoms with Crippen molar-refractivity contribution < 1.29 is 9.59 Å². The van der Waals surface area contributed by atoms with Crippen molar-refractivity contribution in [2.75, 3.05) is 13.1 Å². The van der Waals surface area contributed by atoms with E-state index >= 15 is 0 Å². The van der Waals surface area contributed by atoms with E-state index in [1.807, 2.05) is 18.7 Å². The van der Waals surface area contributed by atoms with E-state index < -0.39 is 5.54 Å². The molecule has 24 heavy (non-hydrogen) atoms. The zero-order chi connectivity index (χ0) is 17.5. The van der Waals surface area contributed by atoms with Gasteiger partial charge in [0.15, 0.2) is 0 Å². The maximum Gasteiger partial charge on any atom is 0.260 e. The highest BCUT2D eigenvalue weighted by Gasteiger charge is 2.53. The van der Waals surface area contributed by atoms with Crippen molar-refractivity contribution >= 4 is 11.8 Å². The molecule has 2 fully saturated rings. The minimum absolute atomic E-state index is 0.0399. The van der Waals surface area contributed by atoms with Crippen LogP contribution in [0.3, 0.4) is 0 Å². The molecular formula is C18H25N3O3. The van der Waals surface area contributed by atoms with Gasteiger partial charge in [0.1, 0.15) is 11.1 Å². The summed E-state index contributed by atoms with van der Waals surface area (Å²) in [4.78, 5) is 44.5. The molecule has 0 bridgehead atoms. The van der Waals surface area contributed by atoms with Crippen molar-refractivity contribution in [3.63, 3.8) is 0 Å². The van der Waals surface area contributed by atoms with Crippen molar-refractivity contribution in [1.82, 2.24) is 14.8 Å². The quantitative estimate of drug-likeness (QED) is 0.896. The number of aromatic nitrogens is 1. The van der Waals surface area contributed by atoms with Crippen LogP contribution in [0.5, 0.6) is 0 Å². The van der Waals surface area contributed by atoms with Gasteiger partial charge in [0.2, 0.25) is 5.91 Å². The molecule has 1 aromatic rings. The lowest BCUT2D eigenvalue weighted by Crippen LogP contribution is -2.62. The molecule has 130 valence electrons. The number of H-pyrrole nitrogens is 1. The van der Waals surface area contributed by atoms with Crippen molar-refractivity contribution in [1.29, 1.82) is 0 Å². The topological polar surface area (TPSA) is 73.5 Å². The summed E-state index contributed by atoms with van der Waals surface area (Å²) in [6.45, 7) is 7.05. The molecule has 1 spiro atoms. The summed E-state index contributed by atoms with van der Waals surface area (Å²) in [5, 5.41) is 0. The van der Waals surface area contributed by atoms with Gasteiger partial charge in [-0.1, -0.05) is 0 Å². The molecule has 1 N–H and O–H groups in total. The Bertz CT molecular complexity index is 724. The molecule has 2 saturated heterocycles. The number of pyridine rings is 1. The van der Waals surface area contributed by atoms with Gasteiger partial charge in [0.05, 0.1) is 0 Å². The van der Waals surface area contributed by atoms with Crippen LogP contribution in [-0.2, 0) is 4.79 Å². The standard InChI is InChI=1S/C18H25N3O3/c1-12(2)20-10-4-8-18(17(20)24)9-5-11-21(18)16(23)14-7-6-13(3)19-15(14)22/h6-7,12H,4-5,8-11H2,1-3H3,(H,19,22). The van der Waals surface area contributed by atoms with E-state index in [2.05, 4.69) is 4.98 Å². The number of nitrogens with zero attached hydrogens (tertiary/aromatic N) is 2. The third kappa shape index (κ3) is 2.54. The maximum absolute atomic E-state index is 13.1. The van der Waals surface area contributed by atoms with E-state index in [1.54, 1.807) is 24.0 Å². The van der Waals surface area contributed by atoms with E-state index in [-0.39, 0.29) is 29.0 Å². The van der Waals surface area contributed by atoms with Gasteiger partial charge in [-0.05, 0) is 58.6 Å². The van der Waals surface area contributed by atoms with E-state index in [1.165, 1.54) is 0 Å². The summed E-state index contributed by atoms with van der Waals surface area (Å²) < 4.78 is 0. The van der Waals surface area contributed by atoms with Crippen LogP contribution < -0.4 is 5.56 Å². The Hall–Kier alpha value is -2.11. The Labute approximate surface area is 141 Å². The Kier molecular flexibility index (Phi) is 4.24. The fourth-order valence-electron chi connectivity index (χ4n) is 4.05. The Balaban J connectivity index is 1.96. The van der Waals surface area contributed by atoms with Crippen molar-refractivity contribution in [2.24, 2.45) is 0 Å². The van der Waals surface area contributed by atoms with Crippen molar-refractivity contribution in [3.05, 3.63) is 33.7 Å². The lowest BCUT2D eigenvalue weighted by molar-refractivity contribution is -0.147. The molecule has 3 rings (SSSR count). The first-order valence-electron chi connectivity index (χ1n) is 8.70. The third-order valence-electron chi connectivity index (χ3n) is 5.29. The highest BCUT2D eigenvalue weighted by Crippen LogP contribution is 2.39. The van der Waals surface area contributed by atoms with Crippen LogP contribution in [-0.4, -0.2) is 51.3 Å². The molecule has 0 saturated carbocycles. The fourth-order valence-corrected chi connectivity index (χ4v) is 4.05. The van der Waals surface area contributed by atoms with Crippen LogP contribution in [0.4, 0.5) is 0 Å². The summed E-state index contributed by atoms with van der Waals surface area (Å²) in [5.74, 6) is -0.286. The van der Waals surface area contributed by atoms with Crippen LogP contribution in [0.15, 0.2) is 16.9 Å². The van der Waals surface area contributed by atoms with Crippen LogP contribution in [0, 0.1) is 6.92 Å². The zero-order valence-electron chi connectivity index (χ0n) is 14.6. The highest BCUT2D eigenvalue weighted by atomic mass is 16.2. The summed E-state index contributed by atoms with van der Waals surface area (Å²) in [6, 6.07) is 3.41. The number of amides is 2. The SMILES string of the molecule is Cc1ccc(C(=O)N2CCCC23CCCN(C(C)C)C3=O)c(=O)[nH]1. The molecular weight excluding hydrogens is 306 g/mol. The second-order valence-electron chi connectivity index (χ2n) is 7.17. The number of carbonyl (C=O) groups is 2. The number of likely N-dealkylation sites (tertiary alicyclic amines) is 2. The molecule has 2 amide bonds. The summed E-state index contributed by atoms with van der Waals surface area (Å²) in [7, 11) is 0. The number of hydrogen-bond acceptors (Lipinski definition) is 3. The van der Waals surface area contributed by atoms with E-state index in [9.17, 15) is 14.4 Å². The number of nitrogens with one attached hydrogen (secondary N) is 1. The monoisotopic (exact) mass is 331 g/mol. The van der Waals surface area contributed by atoms with Gasteiger partial charge in [-0.3, -0.25) is 14.4 Å². The second kappa shape index (κ2) is 6.07.